The standard InChI is InChI=1S/C17H22ClNO/c18-15(10-12-4-2-1-3-5-12)13-6-8-16-14(11-13)7-9-17(20)19-16/h6,8,11-12,15H,1-5,7,9-10H2,(H,19,20). The van der Waals surface area contributed by atoms with Gasteiger partial charge < -0.3 is 5.32 Å². The molecule has 3 heteroatoms. The Morgan fingerprint density at radius 1 is 1.20 bits per heavy atom. The first-order valence-electron chi connectivity index (χ1n) is 7.79. The smallest absolute Gasteiger partial charge is 0.224 e. The molecule has 1 fully saturated rings. The van der Waals surface area contributed by atoms with Gasteiger partial charge >= 0.3 is 0 Å². The minimum atomic E-state index is 0.112. The highest BCUT2D eigenvalue weighted by Crippen LogP contribution is 2.36. The molecule has 0 radical (unpaired) electrons. The molecule has 0 bridgehead atoms. The maximum atomic E-state index is 11.4. The summed E-state index contributed by atoms with van der Waals surface area (Å²) < 4.78 is 0. The second kappa shape index (κ2) is 6.17. The molecule has 0 aromatic heterocycles. The molecule has 1 heterocycles. The van der Waals surface area contributed by atoms with Gasteiger partial charge in [-0.1, -0.05) is 44.2 Å². The summed E-state index contributed by atoms with van der Waals surface area (Å²) in [5.74, 6) is 0.914. The van der Waals surface area contributed by atoms with Crippen LogP contribution < -0.4 is 5.32 Å². The minimum Gasteiger partial charge on any atom is -0.326 e. The van der Waals surface area contributed by atoms with Crippen LogP contribution in [0.1, 0.15) is 61.4 Å². The lowest BCUT2D eigenvalue weighted by Gasteiger charge is -2.25. The number of carbonyl (C=O) groups excluding carboxylic acids is 1. The topological polar surface area (TPSA) is 29.1 Å². The molecule has 0 spiro atoms. The molecule has 1 atom stereocenters. The van der Waals surface area contributed by atoms with E-state index in [2.05, 4.69) is 17.4 Å². The van der Waals surface area contributed by atoms with Crippen molar-refractivity contribution in [3.05, 3.63) is 29.3 Å². The zero-order chi connectivity index (χ0) is 13.9. The molecule has 108 valence electrons. The van der Waals surface area contributed by atoms with Crippen LogP contribution in [-0.4, -0.2) is 5.91 Å². The fourth-order valence-electron chi connectivity index (χ4n) is 3.45. The van der Waals surface area contributed by atoms with Crippen LogP contribution in [0.2, 0.25) is 0 Å². The number of rotatable bonds is 3. The van der Waals surface area contributed by atoms with E-state index in [-0.39, 0.29) is 11.3 Å². The molecule has 2 nitrogen and oxygen atoms in total. The summed E-state index contributed by atoms with van der Waals surface area (Å²) in [6, 6.07) is 6.28. The van der Waals surface area contributed by atoms with Gasteiger partial charge in [0.1, 0.15) is 0 Å². The van der Waals surface area contributed by atoms with Gasteiger partial charge in [-0.15, -0.1) is 11.6 Å². The van der Waals surface area contributed by atoms with Gasteiger partial charge in [0, 0.05) is 12.1 Å². The summed E-state index contributed by atoms with van der Waals surface area (Å²) in [6.45, 7) is 0. The first-order chi connectivity index (χ1) is 9.72. The number of anilines is 1. The summed E-state index contributed by atoms with van der Waals surface area (Å²) in [5, 5.41) is 3.04. The van der Waals surface area contributed by atoms with Crippen molar-refractivity contribution in [2.75, 3.05) is 5.32 Å². The molecule has 1 N–H and O–H groups in total. The molecular weight excluding hydrogens is 270 g/mol. The SMILES string of the molecule is O=C1CCc2cc(C(Cl)CC3CCCCC3)ccc2N1. The van der Waals surface area contributed by atoms with Crippen LogP contribution in [0.4, 0.5) is 5.69 Å². The Balaban J connectivity index is 1.68. The van der Waals surface area contributed by atoms with Gasteiger partial charge in [0.15, 0.2) is 0 Å². The second-order valence-electron chi connectivity index (χ2n) is 6.17. The first-order valence-corrected chi connectivity index (χ1v) is 8.23. The van der Waals surface area contributed by atoms with Gasteiger partial charge in [0.25, 0.3) is 0 Å². The lowest BCUT2D eigenvalue weighted by molar-refractivity contribution is -0.116. The van der Waals surface area contributed by atoms with E-state index in [1.54, 1.807) is 0 Å². The number of amides is 1. The average molecular weight is 292 g/mol. The number of aryl methyl sites for hydroxylation is 1. The third-order valence-corrected chi connectivity index (χ3v) is 5.08. The van der Waals surface area contributed by atoms with E-state index in [0.29, 0.717) is 6.42 Å². The summed E-state index contributed by atoms with van der Waals surface area (Å²) in [5.41, 5.74) is 3.41. The molecule has 2 aliphatic rings. The number of hydrogen-bond donors (Lipinski definition) is 1. The third kappa shape index (κ3) is 3.17. The van der Waals surface area contributed by atoms with E-state index in [9.17, 15) is 4.79 Å². The van der Waals surface area contributed by atoms with Crippen molar-refractivity contribution in [1.82, 2.24) is 0 Å². The number of halogens is 1. The Morgan fingerprint density at radius 2 is 2.00 bits per heavy atom. The van der Waals surface area contributed by atoms with Crippen LogP contribution >= 0.6 is 11.6 Å². The molecule has 1 aliphatic heterocycles. The van der Waals surface area contributed by atoms with Crippen molar-refractivity contribution in [3.63, 3.8) is 0 Å². The van der Waals surface area contributed by atoms with Crippen LogP contribution in [0.3, 0.4) is 0 Å². The quantitative estimate of drug-likeness (QED) is 0.795. The maximum Gasteiger partial charge on any atom is 0.224 e. The summed E-state index contributed by atoms with van der Waals surface area (Å²) in [7, 11) is 0. The molecular formula is C17H22ClNO. The number of alkyl halides is 1. The highest BCUT2D eigenvalue weighted by Gasteiger charge is 2.21. The van der Waals surface area contributed by atoms with E-state index in [0.717, 1.165) is 24.4 Å². The number of hydrogen-bond acceptors (Lipinski definition) is 1. The van der Waals surface area contributed by atoms with E-state index >= 15 is 0 Å². The van der Waals surface area contributed by atoms with Crippen molar-refractivity contribution in [2.45, 2.75) is 56.7 Å². The van der Waals surface area contributed by atoms with E-state index in [1.165, 1.54) is 43.2 Å². The van der Waals surface area contributed by atoms with Crippen LogP contribution in [0.25, 0.3) is 0 Å². The predicted octanol–water partition coefficient (Wildman–Crippen LogP) is 4.82. The number of fused-ring (bicyclic) bond motifs is 1. The minimum absolute atomic E-state index is 0.112. The van der Waals surface area contributed by atoms with Crippen LogP contribution in [0, 0.1) is 5.92 Å². The van der Waals surface area contributed by atoms with Crippen molar-refractivity contribution >= 4 is 23.2 Å². The Kier molecular flexibility index (Phi) is 4.30. The fourth-order valence-corrected chi connectivity index (χ4v) is 3.84. The van der Waals surface area contributed by atoms with Crippen molar-refractivity contribution in [1.29, 1.82) is 0 Å². The molecule has 1 aromatic rings. The third-order valence-electron chi connectivity index (χ3n) is 4.65. The number of benzene rings is 1. The zero-order valence-corrected chi connectivity index (χ0v) is 12.6. The Labute approximate surface area is 125 Å². The van der Waals surface area contributed by atoms with Gasteiger partial charge in [-0.05, 0) is 36.0 Å². The largest absolute Gasteiger partial charge is 0.326 e. The van der Waals surface area contributed by atoms with E-state index in [4.69, 9.17) is 11.6 Å². The van der Waals surface area contributed by atoms with Crippen LogP contribution in [0.5, 0.6) is 0 Å². The van der Waals surface area contributed by atoms with Crippen molar-refractivity contribution in [3.8, 4) is 0 Å². The highest BCUT2D eigenvalue weighted by molar-refractivity contribution is 6.20. The summed E-state index contributed by atoms with van der Waals surface area (Å²) >= 11 is 6.62. The molecule has 1 aliphatic carbocycles. The van der Waals surface area contributed by atoms with Gasteiger partial charge in [-0.2, -0.15) is 0 Å². The summed E-state index contributed by atoms with van der Waals surface area (Å²) in [4.78, 5) is 11.4. The molecule has 1 amide bonds. The predicted molar refractivity (Wildman–Crippen MR) is 83.2 cm³/mol. The van der Waals surface area contributed by atoms with E-state index in [1.807, 2.05) is 6.07 Å². The van der Waals surface area contributed by atoms with Gasteiger partial charge in [-0.3, -0.25) is 4.79 Å². The molecule has 1 saturated carbocycles. The lowest BCUT2D eigenvalue weighted by Crippen LogP contribution is -2.19. The maximum absolute atomic E-state index is 11.4. The van der Waals surface area contributed by atoms with Gasteiger partial charge in [-0.25, -0.2) is 0 Å². The van der Waals surface area contributed by atoms with Gasteiger partial charge in [0.05, 0.1) is 5.38 Å². The first kappa shape index (κ1) is 13.9. The number of nitrogens with one attached hydrogen (secondary N) is 1. The Bertz CT molecular complexity index is 494. The average Bonchev–Trinajstić information content (AvgIpc) is 2.47. The Hall–Kier alpha value is -1.02. The number of carbonyl (C=O) groups is 1. The zero-order valence-electron chi connectivity index (χ0n) is 11.8. The second-order valence-corrected chi connectivity index (χ2v) is 6.70. The molecule has 0 saturated heterocycles. The van der Waals surface area contributed by atoms with E-state index < -0.39 is 0 Å². The normalized spacial score (nSPS) is 21.1. The molecule has 20 heavy (non-hydrogen) atoms. The summed E-state index contributed by atoms with van der Waals surface area (Å²) in [6.07, 6.45) is 9.31. The van der Waals surface area contributed by atoms with Gasteiger partial charge in [0.2, 0.25) is 5.91 Å². The molecule has 1 unspecified atom stereocenters. The highest BCUT2D eigenvalue weighted by atomic mass is 35.5. The molecule has 3 rings (SSSR count). The van der Waals surface area contributed by atoms with Crippen LogP contribution in [-0.2, 0) is 11.2 Å². The molecule has 1 aromatic carbocycles. The lowest BCUT2D eigenvalue weighted by atomic mass is 9.84. The Morgan fingerprint density at radius 3 is 2.80 bits per heavy atom. The monoisotopic (exact) mass is 291 g/mol. The fraction of sp³-hybridized carbons (Fsp3) is 0.588. The van der Waals surface area contributed by atoms with Crippen LogP contribution in [0.15, 0.2) is 18.2 Å². The van der Waals surface area contributed by atoms with Crippen molar-refractivity contribution < 1.29 is 4.79 Å². The van der Waals surface area contributed by atoms with Crippen molar-refractivity contribution in [2.24, 2.45) is 5.92 Å².